The third-order valence-corrected chi connectivity index (χ3v) is 3.41. The highest BCUT2D eigenvalue weighted by molar-refractivity contribution is 9.10. The van der Waals surface area contributed by atoms with Crippen LogP contribution in [0, 0.1) is 0 Å². The molecular weight excluding hydrogens is 300 g/mol. The molecule has 0 spiro atoms. The van der Waals surface area contributed by atoms with Crippen molar-refractivity contribution >= 4 is 27.5 Å². The zero-order valence-electron chi connectivity index (χ0n) is 9.58. The minimum absolute atomic E-state index is 0.795. The maximum atomic E-state index is 6.19. The van der Waals surface area contributed by atoms with E-state index in [1.807, 2.05) is 25.2 Å². The molecule has 1 N–H and O–H groups in total. The van der Waals surface area contributed by atoms with Gasteiger partial charge in [0.2, 0.25) is 0 Å². The van der Waals surface area contributed by atoms with E-state index in [-0.39, 0.29) is 0 Å². The maximum Gasteiger partial charge on any atom is 0.0485 e. The van der Waals surface area contributed by atoms with Crippen LogP contribution in [0.3, 0.4) is 0 Å². The van der Waals surface area contributed by atoms with Crippen LogP contribution in [0.15, 0.2) is 41.1 Å². The van der Waals surface area contributed by atoms with E-state index in [1.54, 1.807) is 0 Å². The van der Waals surface area contributed by atoms with Crippen LogP contribution in [-0.2, 0) is 13.1 Å². The van der Waals surface area contributed by atoms with Gasteiger partial charge in [0.05, 0.1) is 0 Å². The van der Waals surface area contributed by atoms with Crippen molar-refractivity contribution in [3.8, 4) is 0 Å². The highest BCUT2D eigenvalue weighted by Crippen LogP contribution is 2.22. The summed E-state index contributed by atoms with van der Waals surface area (Å²) >= 11 is 9.60. The van der Waals surface area contributed by atoms with Crippen molar-refractivity contribution in [2.24, 2.45) is 0 Å². The van der Waals surface area contributed by atoms with Gasteiger partial charge in [0.25, 0.3) is 0 Å². The average Bonchev–Trinajstić information content (AvgIpc) is 2.71. The third-order valence-electron chi connectivity index (χ3n) is 2.56. The lowest BCUT2D eigenvalue weighted by Gasteiger charge is -2.06. The van der Waals surface area contributed by atoms with E-state index in [4.69, 9.17) is 11.6 Å². The number of aromatic nitrogens is 1. The van der Waals surface area contributed by atoms with Gasteiger partial charge in [-0.1, -0.05) is 33.6 Å². The standard InChI is InChI=1S/C13H14BrClN2/c1-16-7-10-4-5-17(8-10)9-11-2-3-12(14)6-13(11)15/h2-6,8,16H,7,9H2,1H3. The normalized spacial score (nSPS) is 10.8. The second-order valence-electron chi connectivity index (χ2n) is 3.96. The molecule has 0 saturated carbocycles. The lowest BCUT2D eigenvalue weighted by molar-refractivity contribution is 0.783. The predicted octanol–water partition coefficient (Wildman–Crippen LogP) is 3.67. The minimum atomic E-state index is 0.795. The molecule has 1 aromatic heterocycles. The number of hydrogen-bond donors (Lipinski definition) is 1. The summed E-state index contributed by atoms with van der Waals surface area (Å²) in [7, 11) is 1.95. The van der Waals surface area contributed by atoms with Gasteiger partial charge in [-0.2, -0.15) is 0 Å². The molecule has 17 heavy (non-hydrogen) atoms. The molecule has 0 fully saturated rings. The molecule has 0 aliphatic carbocycles. The summed E-state index contributed by atoms with van der Waals surface area (Å²) < 4.78 is 3.15. The molecule has 90 valence electrons. The van der Waals surface area contributed by atoms with Crippen molar-refractivity contribution in [3.05, 3.63) is 57.3 Å². The monoisotopic (exact) mass is 312 g/mol. The molecule has 1 heterocycles. The first-order chi connectivity index (χ1) is 8.19. The molecule has 2 rings (SSSR count). The van der Waals surface area contributed by atoms with E-state index in [0.29, 0.717) is 0 Å². The Labute approximate surface area is 115 Å². The van der Waals surface area contributed by atoms with Crippen LogP contribution in [0.25, 0.3) is 0 Å². The van der Waals surface area contributed by atoms with Gasteiger partial charge in [0.15, 0.2) is 0 Å². The van der Waals surface area contributed by atoms with Crippen LogP contribution in [0.5, 0.6) is 0 Å². The molecule has 0 aliphatic heterocycles. The molecule has 4 heteroatoms. The van der Waals surface area contributed by atoms with Crippen LogP contribution in [0.4, 0.5) is 0 Å². The van der Waals surface area contributed by atoms with Gasteiger partial charge in [0, 0.05) is 35.0 Å². The summed E-state index contributed by atoms with van der Waals surface area (Å²) in [5, 5.41) is 3.93. The SMILES string of the molecule is CNCc1ccn(Cc2ccc(Br)cc2Cl)c1. The smallest absolute Gasteiger partial charge is 0.0485 e. The zero-order chi connectivity index (χ0) is 12.3. The topological polar surface area (TPSA) is 17.0 Å². The molecule has 1 aromatic carbocycles. The zero-order valence-corrected chi connectivity index (χ0v) is 11.9. The quantitative estimate of drug-likeness (QED) is 0.911. The average molecular weight is 314 g/mol. The Kier molecular flexibility index (Phi) is 4.26. The largest absolute Gasteiger partial charge is 0.350 e. The fourth-order valence-electron chi connectivity index (χ4n) is 1.74. The first-order valence-corrected chi connectivity index (χ1v) is 6.59. The van der Waals surface area contributed by atoms with Crippen molar-refractivity contribution in [2.45, 2.75) is 13.1 Å². The Morgan fingerprint density at radius 3 is 2.88 bits per heavy atom. The number of halogens is 2. The summed E-state index contributed by atoms with van der Waals surface area (Å²) in [5.41, 5.74) is 2.40. The van der Waals surface area contributed by atoms with Crippen LogP contribution >= 0.6 is 27.5 Å². The van der Waals surface area contributed by atoms with E-state index < -0.39 is 0 Å². The maximum absolute atomic E-state index is 6.19. The number of hydrogen-bond acceptors (Lipinski definition) is 1. The van der Waals surface area contributed by atoms with Gasteiger partial charge >= 0.3 is 0 Å². The first kappa shape index (κ1) is 12.7. The van der Waals surface area contributed by atoms with Crippen molar-refractivity contribution in [1.29, 1.82) is 0 Å². The fraction of sp³-hybridized carbons (Fsp3) is 0.231. The Morgan fingerprint density at radius 2 is 2.18 bits per heavy atom. The Bertz CT molecular complexity index is 508. The van der Waals surface area contributed by atoms with Crippen LogP contribution in [0.2, 0.25) is 5.02 Å². The molecular formula is C13H14BrClN2. The highest BCUT2D eigenvalue weighted by Gasteiger charge is 2.02. The van der Waals surface area contributed by atoms with E-state index >= 15 is 0 Å². The fourth-order valence-corrected chi connectivity index (χ4v) is 2.48. The second-order valence-corrected chi connectivity index (χ2v) is 5.28. The molecule has 2 aromatic rings. The highest BCUT2D eigenvalue weighted by atomic mass is 79.9. The lowest BCUT2D eigenvalue weighted by atomic mass is 10.2. The summed E-state index contributed by atoms with van der Waals surface area (Å²) in [6.07, 6.45) is 4.21. The van der Waals surface area contributed by atoms with E-state index in [9.17, 15) is 0 Å². The number of rotatable bonds is 4. The van der Waals surface area contributed by atoms with Crippen molar-refractivity contribution in [1.82, 2.24) is 9.88 Å². The Balaban J connectivity index is 2.13. The van der Waals surface area contributed by atoms with Gasteiger partial charge in [-0.3, -0.25) is 0 Å². The van der Waals surface area contributed by atoms with Crippen molar-refractivity contribution in [2.75, 3.05) is 7.05 Å². The first-order valence-electron chi connectivity index (χ1n) is 5.42. The van der Waals surface area contributed by atoms with Gasteiger partial charge in [0.1, 0.15) is 0 Å². The summed E-state index contributed by atoms with van der Waals surface area (Å²) in [5.74, 6) is 0. The number of nitrogens with zero attached hydrogens (tertiary/aromatic N) is 1. The third kappa shape index (κ3) is 3.35. The molecule has 2 nitrogen and oxygen atoms in total. The lowest BCUT2D eigenvalue weighted by Crippen LogP contribution is -2.04. The molecule has 0 unspecified atom stereocenters. The van der Waals surface area contributed by atoms with Gasteiger partial charge in [-0.25, -0.2) is 0 Å². The second kappa shape index (κ2) is 5.71. The minimum Gasteiger partial charge on any atom is -0.350 e. The summed E-state index contributed by atoms with van der Waals surface area (Å²) in [6, 6.07) is 8.10. The van der Waals surface area contributed by atoms with E-state index in [0.717, 1.165) is 28.1 Å². The van der Waals surface area contributed by atoms with Crippen molar-refractivity contribution < 1.29 is 0 Å². The number of benzene rings is 1. The summed E-state index contributed by atoms with van der Waals surface area (Å²) in [4.78, 5) is 0. The Hall–Kier alpha value is -0.770. The molecule has 0 saturated heterocycles. The molecule has 0 bridgehead atoms. The van der Waals surface area contributed by atoms with Gasteiger partial charge in [-0.05, 0) is 36.4 Å². The van der Waals surface area contributed by atoms with Gasteiger partial charge in [-0.15, -0.1) is 0 Å². The molecule has 0 amide bonds. The van der Waals surface area contributed by atoms with Crippen LogP contribution in [-0.4, -0.2) is 11.6 Å². The van der Waals surface area contributed by atoms with E-state index in [1.165, 1.54) is 5.56 Å². The Morgan fingerprint density at radius 1 is 1.35 bits per heavy atom. The predicted molar refractivity (Wildman–Crippen MR) is 75.4 cm³/mol. The molecule has 0 atom stereocenters. The van der Waals surface area contributed by atoms with Crippen LogP contribution in [0.1, 0.15) is 11.1 Å². The van der Waals surface area contributed by atoms with E-state index in [2.05, 4.69) is 44.3 Å². The molecule has 0 radical (unpaired) electrons. The van der Waals surface area contributed by atoms with Crippen molar-refractivity contribution in [3.63, 3.8) is 0 Å². The van der Waals surface area contributed by atoms with Gasteiger partial charge < -0.3 is 9.88 Å². The molecule has 0 aliphatic rings. The van der Waals surface area contributed by atoms with Crippen LogP contribution < -0.4 is 5.32 Å². The number of nitrogens with one attached hydrogen (secondary N) is 1. The summed E-state index contributed by atoms with van der Waals surface area (Å²) in [6.45, 7) is 1.69.